The summed E-state index contributed by atoms with van der Waals surface area (Å²) in [5.74, 6) is 0.440. The fourth-order valence-electron chi connectivity index (χ4n) is 2.31. The molecule has 2 nitrogen and oxygen atoms in total. The average molecular weight is 477 g/mol. The summed E-state index contributed by atoms with van der Waals surface area (Å²) >= 11 is 7.08. The minimum Gasteiger partial charge on any atom is -0.487 e. The van der Waals surface area contributed by atoms with Crippen LogP contribution in [0.25, 0.3) is 0 Å². The monoisotopic (exact) mass is 475 g/mol. The summed E-state index contributed by atoms with van der Waals surface area (Å²) in [7, 11) is 0. The van der Waals surface area contributed by atoms with Gasteiger partial charge in [0.25, 0.3) is 0 Å². The first-order chi connectivity index (χ1) is 12.5. The lowest BCUT2D eigenvalue weighted by atomic mass is 10.2. The third kappa shape index (κ3) is 5.02. The Balaban J connectivity index is 1.73. The molecule has 0 fully saturated rings. The van der Waals surface area contributed by atoms with E-state index in [-0.39, 0.29) is 5.82 Å². The van der Waals surface area contributed by atoms with E-state index in [0.29, 0.717) is 12.4 Å². The second-order valence-corrected chi connectivity index (χ2v) is 7.53. The Bertz CT molecular complexity index is 899. The number of aliphatic imine (C=N–C) groups is 1. The van der Waals surface area contributed by atoms with Crippen LogP contribution in [-0.2, 0) is 6.61 Å². The predicted molar refractivity (Wildman–Crippen MR) is 111 cm³/mol. The molecule has 0 radical (unpaired) electrons. The lowest BCUT2D eigenvalue weighted by molar-refractivity contribution is 0.302. The van der Waals surface area contributed by atoms with E-state index in [1.54, 1.807) is 12.1 Å². The molecule has 5 heteroatoms. The quantitative estimate of drug-likeness (QED) is 0.363. The average Bonchev–Trinajstić information content (AvgIpc) is 2.62. The van der Waals surface area contributed by atoms with Gasteiger partial charge >= 0.3 is 0 Å². The third-order valence-electron chi connectivity index (χ3n) is 3.71. The molecule has 0 N–H and O–H groups in total. The molecular formula is C21H16Br2FNO. The Morgan fingerprint density at radius 2 is 1.58 bits per heavy atom. The van der Waals surface area contributed by atoms with Gasteiger partial charge in [0.05, 0.1) is 14.6 Å². The van der Waals surface area contributed by atoms with E-state index in [1.807, 2.05) is 49.5 Å². The Kier molecular flexibility index (Phi) is 6.22. The van der Waals surface area contributed by atoms with Crippen LogP contribution in [0.2, 0.25) is 0 Å². The van der Waals surface area contributed by atoms with Gasteiger partial charge in [-0.2, -0.15) is 0 Å². The molecule has 0 saturated heterocycles. The maximum Gasteiger partial charge on any atom is 0.148 e. The molecule has 132 valence electrons. The maximum atomic E-state index is 13.0. The van der Waals surface area contributed by atoms with Crippen molar-refractivity contribution in [2.75, 3.05) is 0 Å². The highest BCUT2D eigenvalue weighted by molar-refractivity contribution is 9.11. The summed E-state index contributed by atoms with van der Waals surface area (Å²) in [4.78, 5) is 4.49. The van der Waals surface area contributed by atoms with Gasteiger partial charge in [0.1, 0.15) is 18.2 Å². The fraction of sp³-hybridized carbons (Fsp3) is 0.0952. The zero-order valence-corrected chi connectivity index (χ0v) is 17.2. The van der Waals surface area contributed by atoms with Crippen LogP contribution in [-0.4, -0.2) is 6.21 Å². The van der Waals surface area contributed by atoms with Crippen LogP contribution in [0.1, 0.15) is 16.7 Å². The molecular weight excluding hydrogens is 461 g/mol. The molecule has 0 unspecified atom stereocenters. The Morgan fingerprint density at radius 3 is 2.19 bits per heavy atom. The third-order valence-corrected chi connectivity index (χ3v) is 4.89. The zero-order valence-electron chi connectivity index (χ0n) is 14.0. The normalized spacial score (nSPS) is 11.1. The lowest BCUT2D eigenvalue weighted by Gasteiger charge is -2.11. The van der Waals surface area contributed by atoms with Crippen LogP contribution < -0.4 is 4.74 Å². The SMILES string of the molecule is Cc1ccc(N=Cc2cc(Br)c(OCc3ccc(F)cc3)c(Br)c2)cc1. The van der Waals surface area contributed by atoms with Crippen LogP contribution in [0.5, 0.6) is 5.75 Å². The summed E-state index contributed by atoms with van der Waals surface area (Å²) < 4.78 is 20.5. The van der Waals surface area contributed by atoms with Crippen molar-refractivity contribution in [3.05, 3.63) is 92.1 Å². The van der Waals surface area contributed by atoms with E-state index in [0.717, 1.165) is 25.8 Å². The minimum absolute atomic E-state index is 0.256. The van der Waals surface area contributed by atoms with E-state index in [1.165, 1.54) is 17.7 Å². The lowest BCUT2D eigenvalue weighted by Crippen LogP contribution is -1.98. The first kappa shape index (κ1) is 18.8. The number of hydrogen-bond donors (Lipinski definition) is 0. The molecule has 0 aliphatic heterocycles. The van der Waals surface area contributed by atoms with Crippen molar-refractivity contribution in [2.45, 2.75) is 13.5 Å². The van der Waals surface area contributed by atoms with Gasteiger partial charge in [0.2, 0.25) is 0 Å². The molecule has 3 aromatic rings. The van der Waals surface area contributed by atoms with Crippen molar-refractivity contribution in [2.24, 2.45) is 4.99 Å². The molecule has 0 saturated carbocycles. The maximum absolute atomic E-state index is 13.0. The number of benzene rings is 3. The number of nitrogens with zero attached hydrogens (tertiary/aromatic N) is 1. The van der Waals surface area contributed by atoms with Crippen molar-refractivity contribution in [3.63, 3.8) is 0 Å². The molecule has 26 heavy (non-hydrogen) atoms. The van der Waals surface area contributed by atoms with Crippen LogP contribution in [0, 0.1) is 12.7 Å². The molecule has 0 heterocycles. The van der Waals surface area contributed by atoms with Gasteiger partial charge in [0, 0.05) is 6.21 Å². The Morgan fingerprint density at radius 1 is 0.962 bits per heavy atom. The van der Waals surface area contributed by atoms with Crippen LogP contribution in [0.3, 0.4) is 0 Å². The molecule has 0 bridgehead atoms. The van der Waals surface area contributed by atoms with Crippen molar-refractivity contribution >= 4 is 43.8 Å². The molecule has 0 aliphatic carbocycles. The molecule has 0 spiro atoms. The summed E-state index contributed by atoms with van der Waals surface area (Å²) in [6, 6.07) is 18.2. The van der Waals surface area contributed by atoms with Crippen LogP contribution in [0.4, 0.5) is 10.1 Å². The van der Waals surface area contributed by atoms with Gasteiger partial charge in [-0.15, -0.1) is 0 Å². The van der Waals surface area contributed by atoms with Crippen LogP contribution >= 0.6 is 31.9 Å². The number of ether oxygens (including phenoxy) is 1. The van der Waals surface area contributed by atoms with Gasteiger partial charge in [-0.1, -0.05) is 29.8 Å². The second kappa shape index (κ2) is 8.60. The summed E-state index contributed by atoms with van der Waals surface area (Å²) in [6.45, 7) is 2.40. The number of halogens is 3. The first-order valence-electron chi connectivity index (χ1n) is 7.98. The van der Waals surface area contributed by atoms with Crippen molar-refractivity contribution < 1.29 is 9.13 Å². The topological polar surface area (TPSA) is 21.6 Å². The van der Waals surface area contributed by atoms with E-state index in [4.69, 9.17) is 4.74 Å². The highest BCUT2D eigenvalue weighted by Crippen LogP contribution is 2.35. The number of aryl methyl sites for hydroxylation is 1. The highest BCUT2D eigenvalue weighted by Gasteiger charge is 2.09. The van der Waals surface area contributed by atoms with Crippen LogP contribution in [0.15, 0.2) is 74.6 Å². The molecule has 3 aromatic carbocycles. The highest BCUT2D eigenvalue weighted by atomic mass is 79.9. The van der Waals surface area contributed by atoms with E-state index >= 15 is 0 Å². The molecule has 3 rings (SSSR count). The van der Waals surface area contributed by atoms with Crippen molar-refractivity contribution in [1.29, 1.82) is 0 Å². The molecule has 0 aromatic heterocycles. The fourth-order valence-corrected chi connectivity index (χ4v) is 3.76. The van der Waals surface area contributed by atoms with Gasteiger partial charge < -0.3 is 4.74 Å². The van der Waals surface area contributed by atoms with E-state index in [2.05, 4.69) is 36.9 Å². The van der Waals surface area contributed by atoms with Gasteiger partial charge in [-0.3, -0.25) is 4.99 Å². The largest absolute Gasteiger partial charge is 0.487 e. The Hall–Kier alpha value is -1.98. The molecule has 0 aliphatic rings. The van der Waals surface area contributed by atoms with Gasteiger partial charge in [-0.05, 0) is 86.3 Å². The van der Waals surface area contributed by atoms with Gasteiger partial charge in [-0.25, -0.2) is 4.39 Å². The van der Waals surface area contributed by atoms with E-state index < -0.39 is 0 Å². The Labute approximate surface area is 169 Å². The molecule has 0 amide bonds. The smallest absolute Gasteiger partial charge is 0.148 e. The molecule has 0 atom stereocenters. The number of rotatable bonds is 5. The second-order valence-electron chi connectivity index (χ2n) is 5.82. The number of hydrogen-bond acceptors (Lipinski definition) is 2. The summed E-state index contributed by atoms with van der Waals surface area (Å²) in [5, 5.41) is 0. The van der Waals surface area contributed by atoms with Gasteiger partial charge in [0.15, 0.2) is 0 Å². The zero-order chi connectivity index (χ0) is 18.5. The first-order valence-corrected chi connectivity index (χ1v) is 9.57. The predicted octanol–water partition coefficient (Wildman–Crippen LogP) is 6.99. The summed E-state index contributed by atoms with van der Waals surface area (Å²) in [5.41, 5.74) is 3.95. The standard InChI is InChI=1S/C21H16Br2FNO/c1-14-2-8-18(9-3-14)25-12-16-10-19(22)21(20(23)11-16)26-13-15-4-6-17(24)7-5-15/h2-12H,13H2,1H3. The van der Waals surface area contributed by atoms with Crippen molar-refractivity contribution in [3.8, 4) is 5.75 Å². The van der Waals surface area contributed by atoms with E-state index in [9.17, 15) is 4.39 Å². The van der Waals surface area contributed by atoms with Crippen molar-refractivity contribution in [1.82, 2.24) is 0 Å². The summed E-state index contributed by atoms with van der Waals surface area (Å²) in [6.07, 6.45) is 1.81. The minimum atomic E-state index is -0.256.